The fourth-order valence-corrected chi connectivity index (χ4v) is 4.42. The van der Waals surface area contributed by atoms with Gasteiger partial charge in [-0.05, 0) is 37.6 Å². The first-order valence-corrected chi connectivity index (χ1v) is 11.0. The molecule has 0 bridgehead atoms. The minimum absolute atomic E-state index is 0.221. The van der Waals surface area contributed by atoms with Crippen molar-refractivity contribution in [1.29, 1.82) is 0 Å². The quantitative estimate of drug-likeness (QED) is 0.348. The summed E-state index contributed by atoms with van der Waals surface area (Å²) < 4.78 is 11.0. The molecule has 1 aliphatic rings. The number of furan rings is 1. The first-order valence-electron chi connectivity index (χ1n) is 9.73. The molecule has 31 heavy (non-hydrogen) atoms. The smallest absolute Gasteiger partial charge is 0.338 e. The second-order valence-corrected chi connectivity index (χ2v) is 8.37. The predicted octanol–water partition coefficient (Wildman–Crippen LogP) is 4.58. The second kappa shape index (κ2) is 9.93. The number of carbonyl (C=O) groups is 3. The van der Waals surface area contributed by atoms with Crippen LogP contribution in [0.3, 0.4) is 0 Å². The van der Waals surface area contributed by atoms with E-state index in [1.165, 1.54) is 0 Å². The summed E-state index contributed by atoms with van der Waals surface area (Å²) >= 11 is 6.31. The lowest BCUT2D eigenvalue weighted by atomic mass is 10.1. The molecule has 1 fully saturated rings. The van der Waals surface area contributed by atoms with Crippen LogP contribution >= 0.6 is 24.0 Å². The van der Waals surface area contributed by atoms with Gasteiger partial charge in [0.15, 0.2) is 0 Å². The number of hydrogen-bond acceptors (Lipinski definition) is 7. The molecule has 0 spiro atoms. The van der Waals surface area contributed by atoms with Gasteiger partial charge < -0.3 is 14.3 Å². The summed E-state index contributed by atoms with van der Waals surface area (Å²) in [6, 6.07) is 9.28. The van der Waals surface area contributed by atoms with Gasteiger partial charge in [0.2, 0.25) is 0 Å². The van der Waals surface area contributed by atoms with Gasteiger partial charge in [0.25, 0.3) is 5.91 Å². The van der Waals surface area contributed by atoms with Crippen molar-refractivity contribution in [2.45, 2.75) is 32.7 Å². The molecule has 1 aromatic heterocycles. The van der Waals surface area contributed by atoms with Gasteiger partial charge in [-0.15, -0.1) is 0 Å². The molecule has 1 saturated heterocycles. The monoisotopic (exact) mass is 459 g/mol. The minimum Gasteiger partial charge on any atom is -0.480 e. The minimum atomic E-state index is -1.08. The highest BCUT2D eigenvalue weighted by molar-refractivity contribution is 8.26. The van der Waals surface area contributed by atoms with Gasteiger partial charge in [0.05, 0.1) is 17.1 Å². The Labute approximate surface area is 189 Å². The van der Waals surface area contributed by atoms with E-state index >= 15 is 0 Å². The highest BCUT2D eigenvalue weighted by Gasteiger charge is 2.40. The SMILES string of the molecule is CCCC(C(=O)O)N1C(=O)C(=Cc2ccc(-c3ccc(C(=O)OCC)cc3)o2)SC1=S. The first-order chi connectivity index (χ1) is 14.8. The van der Waals surface area contributed by atoms with Crippen molar-refractivity contribution >= 4 is 52.2 Å². The van der Waals surface area contributed by atoms with Crippen LogP contribution < -0.4 is 0 Å². The second-order valence-electron chi connectivity index (χ2n) is 6.69. The highest BCUT2D eigenvalue weighted by Crippen LogP contribution is 2.35. The summed E-state index contributed by atoms with van der Waals surface area (Å²) in [5.74, 6) is -0.906. The molecule has 0 saturated carbocycles. The number of amides is 1. The number of thioether (sulfide) groups is 1. The van der Waals surface area contributed by atoms with E-state index in [9.17, 15) is 19.5 Å². The molecule has 1 unspecified atom stereocenters. The molecule has 1 N–H and O–H groups in total. The molecule has 2 aromatic rings. The van der Waals surface area contributed by atoms with E-state index < -0.39 is 17.9 Å². The van der Waals surface area contributed by atoms with E-state index in [0.717, 1.165) is 22.2 Å². The van der Waals surface area contributed by atoms with E-state index in [0.29, 0.717) is 41.4 Å². The van der Waals surface area contributed by atoms with Gasteiger partial charge in [-0.1, -0.05) is 49.5 Å². The Balaban J connectivity index is 1.78. The highest BCUT2D eigenvalue weighted by atomic mass is 32.2. The van der Waals surface area contributed by atoms with Crippen LogP contribution in [0.25, 0.3) is 17.4 Å². The number of aliphatic carboxylic acids is 1. The summed E-state index contributed by atoms with van der Waals surface area (Å²) in [5.41, 5.74) is 1.20. The van der Waals surface area contributed by atoms with Gasteiger partial charge in [0, 0.05) is 11.6 Å². The van der Waals surface area contributed by atoms with Crippen LogP contribution in [-0.4, -0.2) is 44.8 Å². The number of hydrogen-bond donors (Lipinski definition) is 1. The Bertz CT molecular complexity index is 1040. The van der Waals surface area contributed by atoms with Crippen molar-refractivity contribution in [3.05, 3.63) is 52.6 Å². The molecule has 0 aliphatic carbocycles. The third-order valence-electron chi connectivity index (χ3n) is 4.56. The summed E-state index contributed by atoms with van der Waals surface area (Å²) in [4.78, 5) is 37.6. The van der Waals surface area contributed by atoms with Crippen molar-refractivity contribution in [2.24, 2.45) is 0 Å². The molecule has 1 aliphatic heterocycles. The van der Waals surface area contributed by atoms with Crippen LogP contribution in [0, 0.1) is 0 Å². The van der Waals surface area contributed by atoms with Crippen molar-refractivity contribution in [3.63, 3.8) is 0 Å². The molecule has 1 amide bonds. The molecule has 1 atom stereocenters. The first kappa shape index (κ1) is 22.8. The molecular weight excluding hydrogens is 438 g/mol. The Hall–Kier alpha value is -2.91. The van der Waals surface area contributed by atoms with Crippen LogP contribution in [0.2, 0.25) is 0 Å². The normalized spacial score (nSPS) is 16.1. The summed E-state index contributed by atoms with van der Waals surface area (Å²) in [6.07, 6.45) is 2.49. The number of benzene rings is 1. The van der Waals surface area contributed by atoms with Crippen LogP contribution in [0.4, 0.5) is 0 Å². The molecule has 2 heterocycles. The fourth-order valence-electron chi connectivity index (χ4n) is 3.08. The summed E-state index contributed by atoms with van der Waals surface area (Å²) in [6.45, 7) is 3.91. The number of ether oxygens (including phenoxy) is 1. The Morgan fingerprint density at radius 3 is 2.55 bits per heavy atom. The Morgan fingerprint density at radius 1 is 1.23 bits per heavy atom. The van der Waals surface area contributed by atoms with Gasteiger partial charge in [0.1, 0.15) is 21.9 Å². The lowest BCUT2D eigenvalue weighted by molar-refractivity contribution is -0.145. The molecular formula is C22H21NO6S2. The maximum Gasteiger partial charge on any atom is 0.338 e. The van der Waals surface area contributed by atoms with Crippen LogP contribution in [0.15, 0.2) is 45.7 Å². The maximum atomic E-state index is 12.8. The van der Waals surface area contributed by atoms with Crippen LogP contribution in [-0.2, 0) is 14.3 Å². The average Bonchev–Trinajstić information content (AvgIpc) is 3.31. The predicted molar refractivity (Wildman–Crippen MR) is 121 cm³/mol. The molecule has 162 valence electrons. The lowest BCUT2D eigenvalue weighted by Gasteiger charge is -2.22. The zero-order valence-corrected chi connectivity index (χ0v) is 18.6. The zero-order valence-electron chi connectivity index (χ0n) is 17.0. The number of carboxylic acids is 1. The van der Waals surface area contributed by atoms with Gasteiger partial charge in [-0.2, -0.15) is 0 Å². The van der Waals surface area contributed by atoms with Gasteiger partial charge in [-0.3, -0.25) is 9.69 Å². The molecule has 0 radical (unpaired) electrons. The molecule has 3 rings (SSSR count). The van der Waals surface area contributed by atoms with Crippen molar-refractivity contribution < 1.29 is 28.6 Å². The lowest BCUT2D eigenvalue weighted by Crippen LogP contribution is -2.43. The summed E-state index contributed by atoms with van der Waals surface area (Å²) in [5, 5.41) is 9.46. The van der Waals surface area contributed by atoms with Crippen molar-refractivity contribution in [2.75, 3.05) is 6.61 Å². The van der Waals surface area contributed by atoms with E-state index in [-0.39, 0.29) is 10.3 Å². The van der Waals surface area contributed by atoms with Crippen molar-refractivity contribution in [3.8, 4) is 11.3 Å². The van der Waals surface area contributed by atoms with Crippen LogP contribution in [0.5, 0.6) is 0 Å². The molecule has 7 nitrogen and oxygen atoms in total. The number of carboxylic acid groups (broad SMARTS) is 1. The number of rotatable bonds is 8. The fraction of sp³-hybridized carbons (Fsp3) is 0.273. The van der Waals surface area contributed by atoms with Crippen LogP contribution in [0.1, 0.15) is 42.8 Å². The van der Waals surface area contributed by atoms with Gasteiger partial charge >= 0.3 is 11.9 Å². The third-order valence-corrected chi connectivity index (χ3v) is 5.89. The van der Waals surface area contributed by atoms with E-state index in [1.807, 2.05) is 6.92 Å². The Morgan fingerprint density at radius 2 is 1.94 bits per heavy atom. The largest absolute Gasteiger partial charge is 0.480 e. The molecule has 1 aromatic carbocycles. The average molecular weight is 460 g/mol. The zero-order chi connectivity index (χ0) is 22.5. The maximum absolute atomic E-state index is 12.8. The van der Waals surface area contributed by atoms with E-state index in [4.69, 9.17) is 21.4 Å². The standard InChI is InChI=1S/C22H21NO6S2/c1-3-5-16(20(25)26)23-19(24)18(31-22(23)30)12-15-10-11-17(29-15)13-6-8-14(9-7-13)21(27)28-4-2/h6-12,16H,3-5H2,1-2H3,(H,25,26). The number of nitrogens with zero attached hydrogens (tertiary/aromatic N) is 1. The number of thiocarbonyl (C=S) groups is 1. The molecule has 9 heteroatoms. The third kappa shape index (κ3) is 5.05. The number of esters is 1. The van der Waals surface area contributed by atoms with Crippen molar-refractivity contribution in [1.82, 2.24) is 4.90 Å². The topological polar surface area (TPSA) is 97.1 Å². The van der Waals surface area contributed by atoms with Gasteiger partial charge in [-0.25, -0.2) is 9.59 Å². The van der Waals surface area contributed by atoms with E-state index in [1.54, 1.807) is 49.4 Å². The number of carbonyl (C=O) groups excluding carboxylic acids is 2. The van der Waals surface area contributed by atoms with E-state index in [2.05, 4.69) is 0 Å². The summed E-state index contributed by atoms with van der Waals surface area (Å²) in [7, 11) is 0. The Kier molecular flexibility index (Phi) is 7.29.